The van der Waals surface area contributed by atoms with E-state index in [2.05, 4.69) is 32.0 Å². The van der Waals surface area contributed by atoms with Crippen LogP contribution in [0.2, 0.25) is 0 Å². The van der Waals surface area contributed by atoms with Crippen molar-refractivity contribution < 1.29 is 4.74 Å². The zero-order chi connectivity index (χ0) is 14.1. The number of aryl methyl sites for hydroxylation is 1. The summed E-state index contributed by atoms with van der Waals surface area (Å²) in [5.41, 5.74) is 8.91. The van der Waals surface area contributed by atoms with Gasteiger partial charge in [0.2, 0.25) is 0 Å². The van der Waals surface area contributed by atoms with Crippen molar-refractivity contribution in [2.75, 3.05) is 0 Å². The van der Waals surface area contributed by atoms with Crippen molar-refractivity contribution >= 4 is 0 Å². The van der Waals surface area contributed by atoms with Crippen molar-refractivity contribution in [3.8, 4) is 5.75 Å². The summed E-state index contributed by atoms with van der Waals surface area (Å²) in [4.78, 5) is 0. The number of fused-ring (bicyclic) bond motifs is 1. The van der Waals surface area contributed by atoms with Gasteiger partial charge in [0.05, 0.1) is 6.10 Å². The predicted octanol–water partition coefficient (Wildman–Crippen LogP) is 4.23. The second-order valence-corrected chi connectivity index (χ2v) is 7.02. The number of rotatable bonds is 2. The molecule has 2 heteroatoms. The summed E-state index contributed by atoms with van der Waals surface area (Å²) in [6.45, 7) is 4.69. The van der Waals surface area contributed by atoms with Gasteiger partial charge in [0.1, 0.15) is 5.75 Å². The SMILES string of the molecule is CC1CC(C)CC(Oc2ccc3c(c2)CCCC3N)C1. The third-order valence-corrected chi connectivity index (χ3v) is 4.91. The van der Waals surface area contributed by atoms with Crippen LogP contribution in [0, 0.1) is 11.8 Å². The molecule has 1 aromatic rings. The first-order valence-corrected chi connectivity index (χ1v) is 8.17. The van der Waals surface area contributed by atoms with Gasteiger partial charge in [-0.2, -0.15) is 0 Å². The molecule has 3 unspecified atom stereocenters. The zero-order valence-corrected chi connectivity index (χ0v) is 12.8. The maximum Gasteiger partial charge on any atom is 0.120 e. The fourth-order valence-corrected chi connectivity index (χ4v) is 4.06. The molecule has 2 nitrogen and oxygen atoms in total. The third-order valence-electron chi connectivity index (χ3n) is 4.91. The molecule has 3 rings (SSSR count). The summed E-state index contributed by atoms with van der Waals surface area (Å²) in [5.74, 6) is 2.62. The number of nitrogens with two attached hydrogens (primary N) is 1. The second kappa shape index (κ2) is 5.77. The van der Waals surface area contributed by atoms with E-state index in [4.69, 9.17) is 10.5 Å². The Bertz CT molecular complexity index is 460. The van der Waals surface area contributed by atoms with Crippen molar-refractivity contribution in [2.45, 2.75) is 64.5 Å². The van der Waals surface area contributed by atoms with Gasteiger partial charge < -0.3 is 10.5 Å². The first-order chi connectivity index (χ1) is 9.61. The van der Waals surface area contributed by atoms with E-state index in [9.17, 15) is 0 Å². The Kier molecular flexibility index (Phi) is 4.02. The fourth-order valence-electron chi connectivity index (χ4n) is 4.06. The van der Waals surface area contributed by atoms with Crippen molar-refractivity contribution in [1.29, 1.82) is 0 Å². The number of hydrogen-bond acceptors (Lipinski definition) is 2. The average Bonchev–Trinajstić information content (AvgIpc) is 2.37. The monoisotopic (exact) mass is 273 g/mol. The summed E-state index contributed by atoms with van der Waals surface area (Å²) in [6.07, 6.45) is 7.60. The Balaban J connectivity index is 1.72. The first kappa shape index (κ1) is 13.9. The Morgan fingerprint density at radius 2 is 1.85 bits per heavy atom. The molecule has 1 aromatic carbocycles. The minimum absolute atomic E-state index is 0.225. The summed E-state index contributed by atoms with van der Waals surface area (Å²) in [7, 11) is 0. The van der Waals surface area contributed by atoms with Crippen molar-refractivity contribution in [3.63, 3.8) is 0 Å². The van der Waals surface area contributed by atoms with Gasteiger partial charge in [0, 0.05) is 6.04 Å². The molecule has 0 saturated heterocycles. The summed E-state index contributed by atoms with van der Waals surface area (Å²) in [6, 6.07) is 6.76. The van der Waals surface area contributed by atoms with E-state index < -0.39 is 0 Å². The molecule has 0 radical (unpaired) electrons. The first-order valence-electron chi connectivity index (χ1n) is 8.17. The Morgan fingerprint density at radius 1 is 1.10 bits per heavy atom. The van der Waals surface area contributed by atoms with Crippen molar-refractivity contribution in [2.24, 2.45) is 17.6 Å². The molecule has 110 valence electrons. The lowest BCUT2D eigenvalue weighted by molar-refractivity contribution is 0.101. The van der Waals surface area contributed by atoms with E-state index in [1.807, 2.05) is 0 Å². The lowest BCUT2D eigenvalue weighted by Gasteiger charge is -2.32. The topological polar surface area (TPSA) is 35.2 Å². The maximum atomic E-state index is 6.26. The molecule has 1 fully saturated rings. The zero-order valence-electron chi connectivity index (χ0n) is 12.8. The van der Waals surface area contributed by atoms with E-state index in [0.717, 1.165) is 30.4 Å². The summed E-state index contributed by atoms with van der Waals surface area (Å²) >= 11 is 0. The predicted molar refractivity (Wildman–Crippen MR) is 82.9 cm³/mol. The van der Waals surface area contributed by atoms with Gasteiger partial charge in [-0.25, -0.2) is 0 Å². The smallest absolute Gasteiger partial charge is 0.120 e. The quantitative estimate of drug-likeness (QED) is 0.875. The van der Waals surface area contributed by atoms with Crippen molar-refractivity contribution in [3.05, 3.63) is 29.3 Å². The normalized spacial score (nSPS) is 33.5. The van der Waals surface area contributed by atoms with Gasteiger partial charge in [-0.15, -0.1) is 0 Å². The number of benzene rings is 1. The van der Waals surface area contributed by atoms with E-state index in [1.54, 1.807) is 0 Å². The lowest BCUT2D eigenvalue weighted by Crippen LogP contribution is -2.28. The van der Waals surface area contributed by atoms with Gasteiger partial charge in [-0.05, 0) is 73.6 Å². The lowest BCUT2D eigenvalue weighted by atomic mass is 9.82. The van der Waals surface area contributed by atoms with E-state index in [0.29, 0.717) is 6.10 Å². The van der Waals surface area contributed by atoms with Crippen LogP contribution >= 0.6 is 0 Å². The van der Waals surface area contributed by atoms with Crippen LogP contribution in [0.25, 0.3) is 0 Å². The molecule has 0 heterocycles. The molecule has 0 bridgehead atoms. The van der Waals surface area contributed by atoms with Gasteiger partial charge in [0.25, 0.3) is 0 Å². The van der Waals surface area contributed by atoms with Gasteiger partial charge in [-0.3, -0.25) is 0 Å². The van der Waals surface area contributed by atoms with E-state index >= 15 is 0 Å². The van der Waals surface area contributed by atoms with E-state index in [1.165, 1.54) is 36.8 Å². The Morgan fingerprint density at radius 3 is 2.60 bits per heavy atom. The number of ether oxygens (including phenoxy) is 1. The second-order valence-electron chi connectivity index (χ2n) is 7.02. The number of hydrogen-bond donors (Lipinski definition) is 1. The standard InChI is InChI=1S/C18H27NO/c1-12-8-13(2)10-16(9-12)20-15-6-7-17-14(11-15)4-3-5-18(17)19/h6-7,11-13,16,18H,3-5,8-10,19H2,1-2H3. The Hall–Kier alpha value is -1.02. The summed E-state index contributed by atoms with van der Waals surface area (Å²) in [5, 5.41) is 0. The molecule has 0 aromatic heterocycles. The fraction of sp³-hybridized carbons (Fsp3) is 0.667. The van der Waals surface area contributed by atoms with Crippen LogP contribution in [-0.2, 0) is 6.42 Å². The highest BCUT2D eigenvalue weighted by Crippen LogP contribution is 2.34. The molecular weight excluding hydrogens is 246 g/mol. The molecule has 0 amide bonds. The summed E-state index contributed by atoms with van der Waals surface area (Å²) < 4.78 is 6.26. The molecule has 2 aliphatic carbocycles. The van der Waals surface area contributed by atoms with Crippen molar-refractivity contribution in [1.82, 2.24) is 0 Å². The molecule has 0 spiro atoms. The van der Waals surface area contributed by atoms with Crippen LogP contribution in [0.3, 0.4) is 0 Å². The van der Waals surface area contributed by atoms with Crippen LogP contribution in [-0.4, -0.2) is 6.10 Å². The highest BCUT2D eigenvalue weighted by molar-refractivity contribution is 5.39. The molecule has 2 N–H and O–H groups in total. The molecule has 2 aliphatic rings. The molecule has 20 heavy (non-hydrogen) atoms. The average molecular weight is 273 g/mol. The highest BCUT2D eigenvalue weighted by atomic mass is 16.5. The highest BCUT2D eigenvalue weighted by Gasteiger charge is 2.25. The minimum Gasteiger partial charge on any atom is -0.490 e. The molecular formula is C18H27NO. The molecule has 0 aliphatic heterocycles. The molecule has 3 atom stereocenters. The third kappa shape index (κ3) is 3.01. The van der Waals surface area contributed by atoms with Crippen LogP contribution in [0.15, 0.2) is 18.2 Å². The van der Waals surface area contributed by atoms with Gasteiger partial charge in [-0.1, -0.05) is 19.9 Å². The van der Waals surface area contributed by atoms with Crippen LogP contribution in [0.4, 0.5) is 0 Å². The van der Waals surface area contributed by atoms with E-state index in [-0.39, 0.29) is 6.04 Å². The maximum absolute atomic E-state index is 6.26. The van der Waals surface area contributed by atoms with Crippen LogP contribution < -0.4 is 10.5 Å². The van der Waals surface area contributed by atoms with Crippen LogP contribution in [0.5, 0.6) is 5.75 Å². The Labute approximate surface area is 122 Å². The largest absolute Gasteiger partial charge is 0.490 e. The van der Waals surface area contributed by atoms with Gasteiger partial charge in [0.15, 0.2) is 0 Å². The molecule has 1 saturated carbocycles. The van der Waals surface area contributed by atoms with Crippen LogP contribution in [0.1, 0.15) is 63.1 Å². The minimum atomic E-state index is 0.225. The van der Waals surface area contributed by atoms with Gasteiger partial charge >= 0.3 is 0 Å².